The van der Waals surface area contributed by atoms with E-state index >= 15 is 0 Å². The van der Waals surface area contributed by atoms with Gasteiger partial charge in [0.15, 0.2) is 11.0 Å². The zero-order valence-corrected chi connectivity index (χ0v) is 19.1. The molecule has 1 aromatic heterocycles. The number of hydrogen-bond donors (Lipinski definition) is 1. The van der Waals surface area contributed by atoms with Crippen molar-refractivity contribution < 1.29 is 9.18 Å². The van der Waals surface area contributed by atoms with Gasteiger partial charge in [-0.05, 0) is 29.2 Å². The molecule has 0 aliphatic heterocycles. The molecule has 0 aliphatic rings. The summed E-state index contributed by atoms with van der Waals surface area (Å²) >= 11 is 4.44. The minimum absolute atomic E-state index is 0.0844. The lowest BCUT2D eigenvalue weighted by atomic mass is 9.87. The van der Waals surface area contributed by atoms with E-state index in [9.17, 15) is 9.18 Å². The molecule has 3 aromatic rings. The Labute approximate surface area is 182 Å². The van der Waals surface area contributed by atoms with Gasteiger partial charge >= 0.3 is 0 Å². The molecule has 0 saturated carbocycles. The van der Waals surface area contributed by atoms with Crippen LogP contribution in [0.2, 0.25) is 0 Å². The summed E-state index contributed by atoms with van der Waals surface area (Å²) in [6, 6.07) is 12.7. The summed E-state index contributed by atoms with van der Waals surface area (Å²) in [6.45, 7) is 6.51. The Bertz CT molecular complexity index is 1030. The van der Waals surface area contributed by atoms with Crippen molar-refractivity contribution in [3.05, 3.63) is 58.3 Å². The first-order valence-corrected chi connectivity index (χ1v) is 10.8. The Balaban J connectivity index is 1.66. The maximum atomic E-state index is 13.9. The Morgan fingerprint density at radius 2 is 1.86 bits per heavy atom. The van der Waals surface area contributed by atoms with Gasteiger partial charge in [-0.15, -0.1) is 10.2 Å². The smallest absolute Gasteiger partial charge is 0.234 e. The molecule has 3 rings (SSSR count). The molecule has 0 bridgehead atoms. The van der Waals surface area contributed by atoms with Gasteiger partial charge in [-0.3, -0.25) is 4.79 Å². The highest BCUT2D eigenvalue weighted by molar-refractivity contribution is 9.10. The summed E-state index contributed by atoms with van der Waals surface area (Å²) in [6.07, 6.45) is 0. The highest BCUT2D eigenvalue weighted by atomic mass is 79.9. The predicted octanol–water partition coefficient (Wildman–Crippen LogP) is 5.41. The van der Waals surface area contributed by atoms with Crippen LogP contribution in [-0.4, -0.2) is 26.4 Å². The fraction of sp³-hybridized carbons (Fsp3) is 0.286. The van der Waals surface area contributed by atoms with Gasteiger partial charge in [0.1, 0.15) is 5.82 Å². The molecular weight excluding hydrogens is 455 g/mol. The zero-order valence-electron chi connectivity index (χ0n) is 16.7. The van der Waals surface area contributed by atoms with Crippen molar-refractivity contribution in [1.82, 2.24) is 14.8 Å². The Kier molecular flexibility index (Phi) is 6.43. The normalized spacial score (nSPS) is 11.5. The van der Waals surface area contributed by atoms with Crippen molar-refractivity contribution in [1.29, 1.82) is 0 Å². The number of carbonyl (C=O) groups is 1. The molecule has 0 aliphatic carbocycles. The molecule has 152 valence electrons. The minimum atomic E-state index is -0.489. The van der Waals surface area contributed by atoms with E-state index in [0.29, 0.717) is 9.63 Å². The number of amides is 1. The topological polar surface area (TPSA) is 59.8 Å². The number of halogens is 2. The van der Waals surface area contributed by atoms with Crippen molar-refractivity contribution in [2.24, 2.45) is 7.05 Å². The molecule has 1 amide bonds. The second-order valence-corrected chi connectivity index (χ2v) is 9.51. The maximum Gasteiger partial charge on any atom is 0.234 e. The first-order chi connectivity index (χ1) is 13.6. The summed E-state index contributed by atoms with van der Waals surface area (Å²) < 4.78 is 16.3. The largest absolute Gasteiger partial charge is 0.323 e. The highest BCUT2D eigenvalue weighted by Gasteiger charge is 2.16. The number of thioether (sulfide) groups is 1. The van der Waals surface area contributed by atoms with Crippen LogP contribution in [0.5, 0.6) is 0 Å². The standard InChI is InChI=1S/C21H22BrFN4OS/c1-21(2,3)14-7-5-13(6-8-14)19-25-26-20(27(19)4)29-12-18(28)24-17-10-9-15(22)11-16(17)23/h5-11H,12H2,1-4H3,(H,24,28). The molecule has 0 fully saturated rings. The molecule has 1 N–H and O–H groups in total. The first kappa shape index (κ1) is 21.5. The van der Waals surface area contributed by atoms with Crippen LogP contribution in [0.4, 0.5) is 10.1 Å². The molecule has 8 heteroatoms. The number of hydrogen-bond acceptors (Lipinski definition) is 4. The van der Waals surface area contributed by atoms with Crippen molar-refractivity contribution in [2.45, 2.75) is 31.3 Å². The molecular formula is C21H22BrFN4OS. The quantitative estimate of drug-likeness (QED) is 0.499. The van der Waals surface area contributed by atoms with Crippen LogP contribution >= 0.6 is 27.7 Å². The number of anilines is 1. The molecule has 29 heavy (non-hydrogen) atoms. The van der Waals surface area contributed by atoms with Gasteiger partial charge in [0.25, 0.3) is 0 Å². The Morgan fingerprint density at radius 1 is 1.17 bits per heavy atom. The second-order valence-electron chi connectivity index (χ2n) is 7.65. The number of benzene rings is 2. The maximum absolute atomic E-state index is 13.9. The number of aromatic nitrogens is 3. The lowest BCUT2D eigenvalue weighted by Crippen LogP contribution is -2.15. The van der Waals surface area contributed by atoms with Gasteiger partial charge in [-0.1, -0.05) is 72.7 Å². The van der Waals surface area contributed by atoms with E-state index in [0.717, 1.165) is 11.4 Å². The van der Waals surface area contributed by atoms with Crippen LogP contribution in [0.25, 0.3) is 11.4 Å². The lowest BCUT2D eigenvalue weighted by molar-refractivity contribution is -0.113. The SMILES string of the molecule is Cn1c(SCC(=O)Nc2ccc(Br)cc2F)nnc1-c1ccc(C(C)(C)C)cc1. The Morgan fingerprint density at radius 3 is 2.48 bits per heavy atom. The fourth-order valence-corrected chi connectivity index (χ4v) is 3.76. The van der Waals surface area contributed by atoms with E-state index in [2.05, 4.69) is 64.3 Å². The van der Waals surface area contributed by atoms with Crippen LogP contribution in [0.3, 0.4) is 0 Å². The number of nitrogens with zero attached hydrogens (tertiary/aromatic N) is 3. The van der Waals surface area contributed by atoms with Gasteiger partial charge in [0, 0.05) is 17.1 Å². The molecule has 0 radical (unpaired) electrons. The van der Waals surface area contributed by atoms with Crippen LogP contribution in [0, 0.1) is 5.82 Å². The van der Waals surface area contributed by atoms with E-state index in [4.69, 9.17) is 0 Å². The van der Waals surface area contributed by atoms with Gasteiger partial charge in [-0.2, -0.15) is 0 Å². The average molecular weight is 477 g/mol. The van der Waals surface area contributed by atoms with E-state index in [1.165, 1.54) is 29.5 Å². The molecule has 0 unspecified atom stereocenters. The fourth-order valence-electron chi connectivity index (χ4n) is 2.72. The molecule has 2 aromatic carbocycles. The minimum Gasteiger partial charge on any atom is -0.323 e. The van der Waals surface area contributed by atoms with Crippen LogP contribution in [0.1, 0.15) is 26.3 Å². The summed E-state index contributed by atoms with van der Waals surface area (Å²) in [5, 5.41) is 11.6. The van der Waals surface area contributed by atoms with E-state index in [1.807, 2.05) is 23.7 Å². The van der Waals surface area contributed by atoms with Gasteiger partial charge in [0.2, 0.25) is 5.91 Å². The first-order valence-electron chi connectivity index (χ1n) is 9.03. The lowest BCUT2D eigenvalue weighted by Gasteiger charge is -2.19. The average Bonchev–Trinajstić information content (AvgIpc) is 3.02. The van der Waals surface area contributed by atoms with Gasteiger partial charge in [0.05, 0.1) is 11.4 Å². The van der Waals surface area contributed by atoms with E-state index in [1.54, 1.807) is 6.07 Å². The molecule has 0 atom stereocenters. The van der Waals surface area contributed by atoms with E-state index in [-0.39, 0.29) is 22.8 Å². The van der Waals surface area contributed by atoms with Crippen LogP contribution in [0.15, 0.2) is 52.1 Å². The third kappa shape index (κ3) is 5.25. The number of carbonyl (C=O) groups excluding carboxylic acids is 1. The summed E-state index contributed by atoms with van der Waals surface area (Å²) in [7, 11) is 1.86. The predicted molar refractivity (Wildman–Crippen MR) is 119 cm³/mol. The number of rotatable bonds is 5. The second kappa shape index (κ2) is 8.67. The van der Waals surface area contributed by atoms with Crippen molar-refractivity contribution >= 4 is 39.3 Å². The molecule has 0 spiro atoms. The molecule has 1 heterocycles. The molecule has 5 nitrogen and oxygen atoms in total. The van der Waals surface area contributed by atoms with Crippen molar-refractivity contribution in [3.63, 3.8) is 0 Å². The van der Waals surface area contributed by atoms with Crippen molar-refractivity contribution in [3.8, 4) is 11.4 Å². The van der Waals surface area contributed by atoms with Crippen LogP contribution < -0.4 is 5.32 Å². The van der Waals surface area contributed by atoms with E-state index < -0.39 is 5.82 Å². The van der Waals surface area contributed by atoms with Gasteiger partial charge < -0.3 is 9.88 Å². The number of nitrogens with one attached hydrogen (secondary N) is 1. The third-order valence-electron chi connectivity index (χ3n) is 4.38. The van der Waals surface area contributed by atoms with Crippen LogP contribution in [-0.2, 0) is 17.3 Å². The monoisotopic (exact) mass is 476 g/mol. The zero-order chi connectivity index (χ0) is 21.2. The molecule has 0 saturated heterocycles. The van der Waals surface area contributed by atoms with Gasteiger partial charge in [-0.25, -0.2) is 4.39 Å². The summed E-state index contributed by atoms with van der Waals surface area (Å²) in [4.78, 5) is 12.2. The third-order valence-corrected chi connectivity index (χ3v) is 5.90. The summed E-state index contributed by atoms with van der Waals surface area (Å²) in [5.41, 5.74) is 2.44. The highest BCUT2D eigenvalue weighted by Crippen LogP contribution is 2.27. The Hall–Kier alpha value is -2.19. The van der Waals surface area contributed by atoms with Crippen molar-refractivity contribution in [2.75, 3.05) is 11.1 Å². The summed E-state index contributed by atoms with van der Waals surface area (Å²) in [5.74, 6) is 0.0322.